The predicted molar refractivity (Wildman–Crippen MR) is 123 cm³/mol. The second-order valence-corrected chi connectivity index (χ2v) is 9.21. The fraction of sp³-hybridized carbons (Fsp3) is 0.304. The number of amides is 1. The highest BCUT2D eigenvalue weighted by Gasteiger charge is 2.34. The van der Waals surface area contributed by atoms with Gasteiger partial charge in [-0.15, -0.1) is 0 Å². The Morgan fingerprint density at radius 1 is 1.15 bits per heavy atom. The Balaban J connectivity index is 1.40. The number of rotatable bonds is 5. The molecule has 33 heavy (non-hydrogen) atoms. The van der Waals surface area contributed by atoms with Crippen LogP contribution in [0.2, 0.25) is 0 Å². The maximum atomic E-state index is 14.1. The van der Waals surface area contributed by atoms with E-state index >= 15 is 0 Å². The third-order valence-corrected chi connectivity index (χ3v) is 6.99. The van der Waals surface area contributed by atoms with Gasteiger partial charge in [0.2, 0.25) is 0 Å². The van der Waals surface area contributed by atoms with Crippen LogP contribution in [0.4, 0.5) is 13.9 Å². The minimum absolute atomic E-state index is 0.114. The van der Waals surface area contributed by atoms with Crippen molar-refractivity contribution in [2.24, 2.45) is 5.92 Å². The van der Waals surface area contributed by atoms with Gasteiger partial charge in [0, 0.05) is 13.1 Å². The monoisotopic (exact) mass is 468 g/mol. The Morgan fingerprint density at radius 3 is 2.73 bits per heavy atom. The van der Waals surface area contributed by atoms with Crippen LogP contribution >= 0.6 is 11.3 Å². The number of nitrogens with one attached hydrogen (secondary N) is 1. The van der Waals surface area contributed by atoms with Crippen molar-refractivity contribution in [2.45, 2.75) is 25.8 Å². The van der Waals surface area contributed by atoms with Gasteiger partial charge in [-0.25, -0.2) is 13.8 Å². The summed E-state index contributed by atoms with van der Waals surface area (Å²) in [6.45, 7) is 3.17. The number of carbonyl (C=O) groups excluding carboxylic acids is 1. The highest BCUT2D eigenvalue weighted by Crippen LogP contribution is 2.30. The van der Waals surface area contributed by atoms with Crippen LogP contribution < -0.4 is 5.32 Å². The molecule has 4 aromatic rings. The fourth-order valence-corrected chi connectivity index (χ4v) is 5.22. The Labute approximate surface area is 193 Å². The lowest BCUT2D eigenvalue weighted by Crippen LogP contribution is -2.51. The summed E-state index contributed by atoms with van der Waals surface area (Å²) in [7, 11) is 0. The topological polar surface area (TPSA) is 75.9 Å². The molecule has 10 heteroatoms. The maximum absolute atomic E-state index is 14.1. The molecule has 0 aliphatic carbocycles. The molecule has 1 amide bonds. The average molecular weight is 469 g/mol. The van der Waals surface area contributed by atoms with Crippen LogP contribution in [0.15, 0.2) is 48.8 Å². The molecule has 2 unspecified atom stereocenters. The standard InChI is InChI=1S/C23H22F2N6OS/c1-14-3-2-10-30(20(14)13-26-23-29-18-6-4-16(25)12-21(18)33-23)22(32)17-11-15(24)5-7-19(17)31-27-8-9-28-31/h4-9,11-12,14,20H,2-3,10,13H2,1H3,(H,26,29). The van der Waals surface area contributed by atoms with Gasteiger partial charge in [-0.2, -0.15) is 15.0 Å². The molecule has 0 bridgehead atoms. The van der Waals surface area contributed by atoms with Crippen LogP contribution in [-0.4, -0.2) is 49.9 Å². The molecular weight excluding hydrogens is 446 g/mol. The maximum Gasteiger partial charge on any atom is 0.256 e. The van der Waals surface area contributed by atoms with Gasteiger partial charge in [0.05, 0.1) is 39.9 Å². The molecule has 1 aliphatic heterocycles. The van der Waals surface area contributed by atoms with Gasteiger partial charge in [0.15, 0.2) is 5.13 Å². The van der Waals surface area contributed by atoms with Gasteiger partial charge >= 0.3 is 0 Å². The number of piperidine rings is 1. The third-order valence-electron chi connectivity index (χ3n) is 6.01. The first-order valence-corrected chi connectivity index (χ1v) is 11.6. The lowest BCUT2D eigenvalue weighted by Gasteiger charge is -2.40. The normalized spacial score (nSPS) is 18.6. The van der Waals surface area contributed by atoms with E-state index in [0.29, 0.717) is 23.9 Å². The summed E-state index contributed by atoms with van der Waals surface area (Å²) >= 11 is 1.37. The lowest BCUT2D eigenvalue weighted by atomic mass is 9.90. The molecule has 5 rings (SSSR count). The van der Waals surface area contributed by atoms with Gasteiger partial charge in [-0.1, -0.05) is 18.3 Å². The number of hydrogen-bond donors (Lipinski definition) is 1. The summed E-state index contributed by atoms with van der Waals surface area (Å²) in [5.74, 6) is -0.808. The number of thiazole rings is 1. The summed E-state index contributed by atoms with van der Waals surface area (Å²) in [6.07, 6.45) is 4.88. The van der Waals surface area contributed by atoms with E-state index in [9.17, 15) is 13.6 Å². The highest BCUT2D eigenvalue weighted by molar-refractivity contribution is 7.22. The second kappa shape index (κ2) is 8.86. The fourth-order valence-electron chi connectivity index (χ4n) is 4.33. The Kier molecular flexibility index (Phi) is 5.76. The molecule has 1 N–H and O–H groups in total. The van der Waals surface area contributed by atoms with Gasteiger partial charge in [-0.3, -0.25) is 4.79 Å². The molecule has 2 aromatic heterocycles. The van der Waals surface area contributed by atoms with E-state index < -0.39 is 5.82 Å². The molecule has 170 valence electrons. The van der Waals surface area contributed by atoms with Crippen molar-refractivity contribution in [3.8, 4) is 5.69 Å². The van der Waals surface area contributed by atoms with E-state index in [1.807, 2.05) is 0 Å². The Morgan fingerprint density at radius 2 is 1.91 bits per heavy atom. The zero-order valence-electron chi connectivity index (χ0n) is 17.9. The minimum atomic E-state index is -0.490. The number of anilines is 1. The first kappa shape index (κ1) is 21.4. The quantitative estimate of drug-likeness (QED) is 0.467. The van der Waals surface area contributed by atoms with E-state index in [0.717, 1.165) is 23.1 Å². The van der Waals surface area contributed by atoms with Gasteiger partial charge < -0.3 is 10.2 Å². The number of carbonyl (C=O) groups is 1. The van der Waals surface area contributed by atoms with Crippen molar-refractivity contribution >= 4 is 32.6 Å². The smallest absolute Gasteiger partial charge is 0.256 e. The van der Waals surface area contributed by atoms with Crippen LogP contribution in [0.5, 0.6) is 0 Å². The number of halogens is 2. The van der Waals surface area contributed by atoms with Crippen molar-refractivity contribution in [3.05, 3.63) is 66.0 Å². The number of benzene rings is 2. The summed E-state index contributed by atoms with van der Waals surface area (Å²) in [5.41, 5.74) is 1.38. The Hall–Kier alpha value is -3.40. The molecule has 0 saturated carbocycles. The highest BCUT2D eigenvalue weighted by atomic mass is 32.1. The van der Waals surface area contributed by atoms with Gasteiger partial charge in [0.25, 0.3) is 5.91 Å². The van der Waals surface area contributed by atoms with Crippen LogP contribution in [0.3, 0.4) is 0 Å². The van der Waals surface area contributed by atoms with E-state index in [4.69, 9.17) is 0 Å². The second-order valence-electron chi connectivity index (χ2n) is 8.18. The van der Waals surface area contributed by atoms with Crippen LogP contribution in [-0.2, 0) is 0 Å². The van der Waals surface area contributed by atoms with Gasteiger partial charge in [-0.05, 0) is 55.2 Å². The number of nitrogens with zero attached hydrogens (tertiary/aromatic N) is 5. The van der Waals surface area contributed by atoms with Crippen molar-refractivity contribution in [1.82, 2.24) is 24.9 Å². The lowest BCUT2D eigenvalue weighted by molar-refractivity contribution is 0.0539. The van der Waals surface area contributed by atoms with E-state index in [-0.39, 0.29) is 29.2 Å². The molecule has 2 aromatic carbocycles. The van der Waals surface area contributed by atoms with Crippen LogP contribution in [0.25, 0.3) is 15.9 Å². The third kappa shape index (κ3) is 4.30. The number of likely N-dealkylation sites (tertiary alicyclic amines) is 1. The largest absolute Gasteiger partial charge is 0.359 e. The van der Waals surface area contributed by atoms with E-state index in [1.165, 1.54) is 58.9 Å². The summed E-state index contributed by atoms with van der Waals surface area (Å²) in [5, 5.41) is 12.2. The Bertz CT molecular complexity index is 1290. The average Bonchev–Trinajstić information content (AvgIpc) is 3.47. The van der Waals surface area contributed by atoms with Crippen LogP contribution in [0.1, 0.15) is 30.1 Å². The summed E-state index contributed by atoms with van der Waals surface area (Å²) in [4.78, 5) is 21.3. The first-order chi connectivity index (χ1) is 16.0. The molecule has 1 fully saturated rings. The predicted octanol–water partition coefficient (Wildman–Crippen LogP) is 4.51. The molecule has 2 atom stereocenters. The van der Waals surface area contributed by atoms with Crippen LogP contribution in [0, 0.1) is 17.6 Å². The van der Waals surface area contributed by atoms with Crippen molar-refractivity contribution in [2.75, 3.05) is 18.4 Å². The first-order valence-electron chi connectivity index (χ1n) is 10.8. The number of fused-ring (bicyclic) bond motifs is 1. The molecular formula is C23H22F2N6OS. The summed E-state index contributed by atoms with van der Waals surface area (Å²) in [6, 6.07) is 8.45. The van der Waals surface area contributed by atoms with Gasteiger partial charge in [0.1, 0.15) is 11.6 Å². The minimum Gasteiger partial charge on any atom is -0.359 e. The van der Waals surface area contributed by atoms with E-state index in [1.54, 1.807) is 11.0 Å². The zero-order valence-corrected chi connectivity index (χ0v) is 18.7. The molecule has 0 radical (unpaired) electrons. The van der Waals surface area contributed by atoms with E-state index in [2.05, 4.69) is 27.4 Å². The molecule has 0 spiro atoms. The van der Waals surface area contributed by atoms with Crippen molar-refractivity contribution in [3.63, 3.8) is 0 Å². The molecule has 7 nitrogen and oxygen atoms in total. The molecule has 3 heterocycles. The van der Waals surface area contributed by atoms with Crippen molar-refractivity contribution < 1.29 is 13.6 Å². The summed E-state index contributed by atoms with van der Waals surface area (Å²) < 4.78 is 28.4. The number of aromatic nitrogens is 4. The molecule has 1 aliphatic rings. The molecule has 1 saturated heterocycles. The zero-order chi connectivity index (χ0) is 22.9. The SMILES string of the molecule is CC1CCCN(C(=O)c2cc(F)ccc2-n2nccn2)C1CNc1nc2ccc(F)cc2s1. The number of hydrogen-bond acceptors (Lipinski definition) is 6. The van der Waals surface area contributed by atoms with Crippen molar-refractivity contribution in [1.29, 1.82) is 0 Å².